The van der Waals surface area contributed by atoms with Crippen LogP contribution in [0.5, 0.6) is 0 Å². The molecule has 1 aromatic heterocycles. The van der Waals surface area contributed by atoms with Crippen LogP contribution in [-0.2, 0) is 11.2 Å². The minimum absolute atomic E-state index is 0.0392. The molecule has 1 saturated heterocycles. The largest absolute Gasteiger partial charge is 0.369 e. The number of hydrogen-bond acceptors (Lipinski definition) is 3. The highest BCUT2D eigenvalue weighted by molar-refractivity contribution is 7.10. The number of rotatable bonds is 1. The molecule has 0 spiro atoms. The molecule has 2 heterocycles. The maximum atomic E-state index is 11.2. The van der Waals surface area contributed by atoms with Crippen molar-refractivity contribution in [2.45, 2.75) is 18.9 Å². The van der Waals surface area contributed by atoms with Gasteiger partial charge in [0.25, 0.3) is 0 Å². The van der Waals surface area contributed by atoms with Crippen molar-refractivity contribution in [1.82, 2.24) is 5.32 Å². The van der Waals surface area contributed by atoms with Crippen molar-refractivity contribution in [3.63, 3.8) is 0 Å². The number of carbonyl (C=O) groups is 1. The van der Waals surface area contributed by atoms with Crippen LogP contribution in [0, 0.1) is 5.92 Å². The van der Waals surface area contributed by atoms with Crippen molar-refractivity contribution in [2.75, 3.05) is 6.54 Å². The van der Waals surface area contributed by atoms with Gasteiger partial charge in [-0.2, -0.15) is 0 Å². The Labute approximate surface area is 98.3 Å². The first kappa shape index (κ1) is 10.1. The summed E-state index contributed by atoms with van der Waals surface area (Å²) in [7, 11) is 0. The Bertz CT molecular complexity index is 463. The van der Waals surface area contributed by atoms with Crippen LogP contribution in [0.15, 0.2) is 17.0 Å². The van der Waals surface area contributed by atoms with E-state index in [1.54, 1.807) is 0 Å². The normalized spacial score (nSPS) is 27.9. The Balaban J connectivity index is 1.90. The van der Waals surface area contributed by atoms with E-state index in [0.29, 0.717) is 6.04 Å². The monoisotopic (exact) mass is 234 g/mol. The second kappa shape index (κ2) is 3.71. The van der Waals surface area contributed by atoms with Crippen LogP contribution >= 0.6 is 11.3 Å². The van der Waals surface area contributed by atoms with Gasteiger partial charge in [-0.25, -0.2) is 0 Å². The van der Waals surface area contributed by atoms with Crippen LogP contribution < -0.4 is 11.1 Å². The summed E-state index contributed by atoms with van der Waals surface area (Å²) in [6.07, 6.45) is 4.11. The molecule has 2 unspecified atom stereocenters. The lowest BCUT2D eigenvalue weighted by Gasteiger charge is -2.33. The van der Waals surface area contributed by atoms with E-state index >= 15 is 0 Å². The zero-order valence-electron chi connectivity index (χ0n) is 8.90. The van der Waals surface area contributed by atoms with Crippen LogP contribution in [0.3, 0.4) is 0 Å². The van der Waals surface area contributed by atoms with Gasteiger partial charge in [-0.1, -0.05) is 11.6 Å². The number of carbonyl (C=O) groups excluding carboxylic acids is 1. The highest BCUT2D eigenvalue weighted by atomic mass is 32.1. The van der Waals surface area contributed by atoms with Crippen LogP contribution in [0.25, 0.3) is 6.08 Å². The quantitative estimate of drug-likeness (QED) is 0.766. The molecule has 1 amide bonds. The fraction of sp³-hybridized carbons (Fsp3) is 0.417. The van der Waals surface area contributed by atoms with E-state index in [1.165, 1.54) is 16.0 Å². The van der Waals surface area contributed by atoms with E-state index in [1.807, 2.05) is 11.3 Å². The van der Waals surface area contributed by atoms with Gasteiger partial charge in [0.15, 0.2) is 0 Å². The summed E-state index contributed by atoms with van der Waals surface area (Å²) >= 11 is 1.81. The fourth-order valence-corrected chi connectivity index (χ4v) is 3.41. The lowest BCUT2D eigenvalue weighted by Crippen LogP contribution is -2.46. The maximum Gasteiger partial charge on any atom is 0.222 e. The summed E-state index contributed by atoms with van der Waals surface area (Å²) in [5.41, 5.74) is 8.02. The van der Waals surface area contributed by atoms with E-state index in [0.717, 1.165) is 19.4 Å². The Morgan fingerprint density at radius 1 is 1.50 bits per heavy atom. The lowest BCUT2D eigenvalue weighted by molar-refractivity contribution is -0.121. The molecule has 1 aromatic rings. The van der Waals surface area contributed by atoms with Gasteiger partial charge in [0.05, 0.1) is 5.92 Å². The van der Waals surface area contributed by atoms with Crippen molar-refractivity contribution in [3.05, 3.63) is 27.5 Å². The molecule has 1 aliphatic carbocycles. The Morgan fingerprint density at radius 2 is 2.38 bits per heavy atom. The van der Waals surface area contributed by atoms with Crippen LogP contribution in [0.4, 0.5) is 0 Å². The average molecular weight is 234 g/mol. The summed E-state index contributed by atoms with van der Waals surface area (Å²) < 4.78 is 0. The topological polar surface area (TPSA) is 55.1 Å². The van der Waals surface area contributed by atoms with Gasteiger partial charge in [-0.15, -0.1) is 11.3 Å². The number of thiophene rings is 1. The van der Waals surface area contributed by atoms with Gasteiger partial charge in [-0.3, -0.25) is 4.79 Å². The summed E-state index contributed by atoms with van der Waals surface area (Å²) in [5.74, 6) is -0.231. The fourth-order valence-electron chi connectivity index (χ4n) is 2.51. The molecule has 3 N–H and O–H groups in total. The highest BCUT2D eigenvalue weighted by Gasteiger charge is 2.30. The summed E-state index contributed by atoms with van der Waals surface area (Å²) in [6.45, 7) is 0.720. The van der Waals surface area contributed by atoms with Crippen molar-refractivity contribution in [3.8, 4) is 0 Å². The molecule has 0 radical (unpaired) electrons. The van der Waals surface area contributed by atoms with Gasteiger partial charge < -0.3 is 11.1 Å². The van der Waals surface area contributed by atoms with Gasteiger partial charge in [0, 0.05) is 23.9 Å². The molecule has 3 rings (SSSR count). The number of nitrogens with one attached hydrogen (secondary N) is 1. The van der Waals surface area contributed by atoms with Gasteiger partial charge in [0.1, 0.15) is 0 Å². The molecule has 4 heteroatoms. The predicted molar refractivity (Wildman–Crippen MR) is 65.1 cm³/mol. The number of fused-ring (bicyclic) bond motifs is 2. The SMILES string of the molecule is NC(=O)C1CNC2Cc3sccc3C=C2C1. The molecule has 3 nitrogen and oxygen atoms in total. The van der Waals surface area contributed by atoms with Gasteiger partial charge in [0.2, 0.25) is 5.91 Å². The van der Waals surface area contributed by atoms with E-state index in [-0.39, 0.29) is 11.8 Å². The predicted octanol–water partition coefficient (Wildman–Crippen LogP) is 1.15. The first-order valence-corrected chi connectivity index (χ1v) is 6.41. The molecule has 0 bridgehead atoms. The van der Waals surface area contributed by atoms with Crippen LogP contribution in [-0.4, -0.2) is 18.5 Å². The Morgan fingerprint density at radius 3 is 3.19 bits per heavy atom. The zero-order valence-corrected chi connectivity index (χ0v) is 9.72. The van der Waals surface area contributed by atoms with E-state index in [2.05, 4.69) is 22.8 Å². The molecule has 84 valence electrons. The molecular weight excluding hydrogens is 220 g/mol. The van der Waals surface area contributed by atoms with Gasteiger partial charge >= 0.3 is 0 Å². The summed E-state index contributed by atoms with van der Waals surface area (Å²) in [6, 6.07) is 2.57. The van der Waals surface area contributed by atoms with Crippen LogP contribution in [0.2, 0.25) is 0 Å². The van der Waals surface area contributed by atoms with Crippen molar-refractivity contribution < 1.29 is 4.79 Å². The first-order chi connectivity index (χ1) is 7.74. The average Bonchev–Trinajstić information content (AvgIpc) is 2.71. The standard InChI is InChI=1S/C12H14N2OS/c13-12(15)9-4-8-3-7-1-2-16-11(7)5-10(8)14-6-9/h1-3,9-10,14H,4-6H2,(H2,13,15). The van der Waals surface area contributed by atoms with E-state index in [9.17, 15) is 4.79 Å². The number of hydrogen-bond donors (Lipinski definition) is 2. The summed E-state index contributed by atoms with van der Waals surface area (Å²) in [4.78, 5) is 12.6. The molecule has 1 aliphatic heterocycles. The molecular formula is C12H14N2OS. The lowest BCUT2D eigenvalue weighted by atomic mass is 9.83. The molecule has 2 aliphatic rings. The molecule has 2 atom stereocenters. The third-order valence-corrected chi connectivity index (χ3v) is 4.41. The maximum absolute atomic E-state index is 11.2. The Hall–Kier alpha value is -1.13. The number of nitrogens with two attached hydrogens (primary N) is 1. The number of amides is 1. The second-order valence-electron chi connectivity index (χ2n) is 4.49. The van der Waals surface area contributed by atoms with Crippen molar-refractivity contribution >= 4 is 23.3 Å². The molecule has 16 heavy (non-hydrogen) atoms. The van der Waals surface area contributed by atoms with Crippen molar-refractivity contribution in [1.29, 1.82) is 0 Å². The minimum Gasteiger partial charge on any atom is -0.369 e. The second-order valence-corrected chi connectivity index (χ2v) is 5.49. The molecule has 0 saturated carbocycles. The van der Waals surface area contributed by atoms with Crippen LogP contribution in [0.1, 0.15) is 16.9 Å². The molecule has 0 aromatic carbocycles. The Kier molecular flexibility index (Phi) is 2.33. The number of primary amides is 1. The number of piperidine rings is 1. The molecule has 1 fully saturated rings. The highest BCUT2D eigenvalue weighted by Crippen LogP contribution is 2.33. The first-order valence-electron chi connectivity index (χ1n) is 5.53. The smallest absolute Gasteiger partial charge is 0.222 e. The minimum atomic E-state index is -0.192. The third-order valence-electron chi connectivity index (χ3n) is 3.45. The van der Waals surface area contributed by atoms with Crippen molar-refractivity contribution in [2.24, 2.45) is 11.7 Å². The third kappa shape index (κ3) is 1.58. The summed E-state index contributed by atoms with van der Waals surface area (Å²) in [5, 5.41) is 5.55. The van der Waals surface area contributed by atoms with E-state index in [4.69, 9.17) is 5.73 Å². The zero-order chi connectivity index (χ0) is 11.1. The van der Waals surface area contributed by atoms with Gasteiger partial charge in [-0.05, 0) is 23.4 Å². The van der Waals surface area contributed by atoms with E-state index < -0.39 is 0 Å².